The standard InChI is InChI=1S/C19H24N4/c1-11-13(10-20-23(11)18(2,3)4)16-9-12-14-5-6-15(17(12)22-21-16)19(14)7-8-19/h9-10,14-15H,5-8H2,1-4H3/t14-,15+/m1/s1. The molecule has 2 bridgehead atoms. The van der Waals surface area contributed by atoms with Gasteiger partial charge in [0.2, 0.25) is 0 Å². The molecule has 0 saturated heterocycles. The second-order valence-corrected chi connectivity index (χ2v) is 8.71. The normalized spacial score (nSPS) is 26.8. The number of nitrogens with zero attached hydrogens (tertiary/aromatic N) is 4. The molecule has 3 aliphatic rings. The van der Waals surface area contributed by atoms with Crippen molar-refractivity contribution < 1.29 is 0 Å². The molecule has 2 atom stereocenters. The molecular formula is C19H24N4. The van der Waals surface area contributed by atoms with Crippen LogP contribution in [0.5, 0.6) is 0 Å². The lowest BCUT2D eigenvalue weighted by Crippen LogP contribution is -2.24. The Balaban J connectivity index is 1.60. The lowest BCUT2D eigenvalue weighted by molar-refractivity contribution is 0.348. The van der Waals surface area contributed by atoms with E-state index in [-0.39, 0.29) is 5.54 Å². The van der Waals surface area contributed by atoms with Gasteiger partial charge in [-0.15, -0.1) is 0 Å². The van der Waals surface area contributed by atoms with Crippen molar-refractivity contribution >= 4 is 0 Å². The van der Waals surface area contributed by atoms with E-state index in [4.69, 9.17) is 0 Å². The van der Waals surface area contributed by atoms with Crippen LogP contribution in [-0.2, 0) is 5.54 Å². The minimum absolute atomic E-state index is 0.0103. The zero-order valence-corrected chi connectivity index (χ0v) is 14.4. The molecule has 0 unspecified atom stereocenters. The van der Waals surface area contributed by atoms with E-state index < -0.39 is 0 Å². The van der Waals surface area contributed by atoms with Crippen molar-refractivity contribution in [1.29, 1.82) is 0 Å². The van der Waals surface area contributed by atoms with Gasteiger partial charge in [0.1, 0.15) is 0 Å². The Bertz CT molecular complexity index is 807. The van der Waals surface area contributed by atoms with Gasteiger partial charge < -0.3 is 0 Å². The summed E-state index contributed by atoms with van der Waals surface area (Å²) in [5.74, 6) is 1.44. The molecule has 2 fully saturated rings. The fourth-order valence-corrected chi connectivity index (χ4v) is 5.30. The Morgan fingerprint density at radius 1 is 1.13 bits per heavy atom. The highest BCUT2D eigenvalue weighted by atomic mass is 15.3. The van der Waals surface area contributed by atoms with Gasteiger partial charge in [0.15, 0.2) is 0 Å². The van der Waals surface area contributed by atoms with Crippen molar-refractivity contribution in [3.05, 3.63) is 29.2 Å². The second-order valence-electron chi connectivity index (χ2n) is 8.71. The Morgan fingerprint density at radius 2 is 1.87 bits per heavy atom. The summed E-state index contributed by atoms with van der Waals surface area (Å²) >= 11 is 0. The highest BCUT2D eigenvalue weighted by molar-refractivity contribution is 5.63. The predicted molar refractivity (Wildman–Crippen MR) is 89.4 cm³/mol. The van der Waals surface area contributed by atoms with E-state index in [0.717, 1.165) is 17.2 Å². The van der Waals surface area contributed by atoms with Crippen LogP contribution < -0.4 is 0 Å². The highest BCUT2D eigenvalue weighted by Crippen LogP contribution is 2.75. The molecular weight excluding hydrogens is 284 g/mol. The molecule has 0 radical (unpaired) electrons. The minimum Gasteiger partial charge on any atom is -0.264 e. The first kappa shape index (κ1) is 13.7. The molecule has 3 aliphatic carbocycles. The molecule has 1 spiro atoms. The lowest BCUT2D eigenvalue weighted by atomic mass is 9.91. The van der Waals surface area contributed by atoms with Crippen molar-refractivity contribution in [2.45, 2.75) is 70.8 Å². The van der Waals surface area contributed by atoms with E-state index in [9.17, 15) is 0 Å². The first-order chi connectivity index (χ1) is 10.9. The molecule has 2 aromatic heterocycles. The number of rotatable bonds is 1. The average molecular weight is 308 g/mol. The zero-order valence-electron chi connectivity index (χ0n) is 14.4. The quantitative estimate of drug-likeness (QED) is 0.794. The zero-order chi connectivity index (χ0) is 16.0. The number of fused-ring (bicyclic) bond motifs is 3. The number of hydrogen-bond donors (Lipinski definition) is 0. The van der Waals surface area contributed by atoms with Gasteiger partial charge in [-0.05, 0) is 76.3 Å². The summed E-state index contributed by atoms with van der Waals surface area (Å²) in [6.45, 7) is 8.68. The van der Waals surface area contributed by atoms with Crippen molar-refractivity contribution in [2.75, 3.05) is 0 Å². The number of aromatic nitrogens is 4. The van der Waals surface area contributed by atoms with Gasteiger partial charge in [-0.2, -0.15) is 15.3 Å². The SMILES string of the molecule is Cc1c(-c2cc3c(nn2)[C@@H]2CC[C@H]3C23CC3)cnn1C(C)(C)C. The van der Waals surface area contributed by atoms with Crippen LogP contribution in [0.4, 0.5) is 0 Å². The molecule has 0 N–H and O–H groups in total. The van der Waals surface area contributed by atoms with Crippen molar-refractivity contribution in [3.63, 3.8) is 0 Å². The highest BCUT2D eigenvalue weighted by Gasteiger charge is 2.64. The van der Waals surface area contributed by atoms with Crippen LogP contribution in [0.1, 0.15) is 75.2 Å². The summed E-state index contributed by atoms with van der Waals surface area (Å²) in [7, 11) is 0. The van der Waals surface area contributed by atoms with E-state index in [1.54, 1.807) is 0 Å². The third-order valence-corrected chi connectivity index (χ3v) is 6.44. The van der Waals surface area contributed by atoms with Crippen LogP contribution in [0.15, 0.2) is 12.3 Å². The van der Waals surface area contributed by atoms with Gasteiger partial charge in [-0.25, -0.2) is 0 Å². The molecule has 0 aliphatic heterocycles. The summed E-state index contributed by atoms with van der Waals surface area (Å²) in [4.78, 5) is 0. The Hall–Kier alpha value is -1.71. The molecule has 2 heterocycles. The summed E-state index contributed by atoms with van der Waals surface area (Å²) in [5.41, 5.74) is 6.68. The van der Waals surface area contributed by atoms with Crippen LogP contribution >= 0.6 is 0 Å². The van der Waals surface area contributed by atoms with E-state index >= 15 is 0 Å². The molecule has 23 heavy (non-hydrogen) atoms. The third kappa shape index (κ3) is 1.64. The first-order valence-electron chi connectivity index (χ1n) is 8.85. The van der Waals surface area contributed by atoms with Crippen LogP contribution in [0.2, 0.25) is 0 Å². The van der Waals surface area contributed by atoms with E-state index in [1.807, 2.05) is 6.20 Å². The summed E-state index contributed by atoms with van der Waals surface area (Å²) < 4.78 is 2.09. The molecule has 4 nitrogen and oxygen atoms in total. The van der Waals surface area contributed by atoms with Crippen molar-refractivity contribution in [1.82, 2.24) is 20.0 Å². The molecule has 0 amide bonds. The summed E-state index contributed by atoms with van der Waals surface area (Å²) in [5, 5.41) is 13.9. The maximum Gasteiger partial charge on any atom is 0.0967 e. The average Bonchev–Trinajstić information content (AvgIpc) is 2.97. The van der Waals surface area contributed by atoms with E-state index in [0.29, 0.717) is 11.3 Å². The van der Waals surface area contributed by atoms with Gasteiger partial charge in [-0.1, -0.05) is 0 Å². The van der Waals surface area contributed by atoms with Crippen LogP contribution in [-0.4, -0.2) is 20.0 Å². The molecule has 5 rings (SSSR count). The van der Waals surface area contributed by atoms with Gasteiger partial charge >= 0.3 is 0 Å². The van der Waals surface area contributed by atoms with Crippen LogP contribution in [0.3, 0.4) is 0 Å². The monoisotopic (exact) mass is 308 g/mol. The van der Waals surface area contributed by atoms with E-state index in [1.165, 1.54) is 42.6 Å². The van der Waals surface area contributed by atoms with Gasteiger partial charge in [0.25, 0.3) is 0 Å². The molecule has 2 aromatic rings. The largest absolute Gasteiger partial charge is 0.264 e. The maximum atomic E-state index is 4.68. The van der Waals surface area contributed by atoms with Crippen LogP contribution in [0.25, 0.3) is 11.3 Å². The van der Waals surface area contributed by atoms with Gasteiger partial charge in [0, 0.05) is 17.2 Å². The fraction of sp³-hybridized carbons (Fsp3) is 0.632. The molecule has 4 heteroatoms. The minimum atomic E-state index is -0.0103. The van der Waals surface area contributed by atoms with Gasteiger partial charge in [-0.3, -0.25) is 4.68 Å². The second kappa shape index (κ2) is 4.03. The van der Waals surface area contributed by atoms with Crippen LogP contribution in [0, 0.1) is 12.3 Å². The molecule has 0 aromatic carbocycles. The summed E-state index contributed by atoms with van der Waals surface area (Å²) in [6, 6.07) is 2.32. The van der Waals surface area contributed by atoms with Gasteiger partial charge in [0.05, 0.1) is 23.1 Å². The first-order valence-corrected chi connectivity index (χ1v) is 8.85. The predicted octanol–water partition coefficient (Wildman–Crippen LogP) is 4.16. The topological polar surface area (TPSA) is 43.6 Å². The molecule has 2 saturated carbocycles. The Kier molecular flexibility index (Phi) is 2.40. The smallest absolute Gasteiger partial charge is 0.0967 e. The lowest BCUT2D eigenvalue weighted by Gasteiger charge is -2.21. The van der Waals surface area contributed by atoms with Crippen molar-refractivity contribution in [3.8, 4) is 11.3 Å². The maximum absolute atomic E-state index is 4.68. The number of hydrogen-bond acceptors (Lipinski definition) is 3. The third-order valence-electron chi connectivity index (χ3n) is 6.44. The Morgan fingerprint density at radius 3 is 2.52 bits per heavy atom. The van der Waals surface area contributed by atoms with E-state index in [2.05, 4.69) is 53.7 Å². The summed E-state index contributed by atoms with van der Waals surface area (Å²) in [6.07, 6.45) is 7.43. The molecule has 120 valence electrons. The Labute approximate surface area is 137 Å². The van der Waals surface area contributed by atoms with Crippen molar-refractivity contribution in [2.24, 2.45) is 5.41 Å². The fourth-order valence-electron chi connectivity index (χ4n) is 5.30.